The molecular formula is C5H7ClF2. The van der Waals surface area contributed by atoms with Gasteiger partial charge in [0.1, 0.15) is 0 Å². The van der Waals surface area contributed by atoms with Gasteiger partial charge in [-0.15, -0.1) is 11.6 Å². The maximum atomic E-state index is 12.1. The Balaban J connectivity index is 2.47. The summed E-state index contributed by atoms with van der Waals surface area (Å²) in [5.74, 6) is -2.59. The van der Waals surface area contributed by atoms with Gasteiger partial charge >= 0.3 is 0 Å². The van der Waals surface area contributed by atoms with E-state index in [2.05, 4.69) is 0 Å². The molecule has 0 heterocycles. The summed E-state index contributed by atoms with van der Waals surface area (Å²) in [7, 11) is 0. The van der Waals surface area contributed by atoms with Crippen LogP contribution in [0.15, 0.2) is 0 Å². The molecule has 1 aliphatic carbocycles. The van der Waals surface area contributed by atoms with E-state index in [9.17, 15) is 8.78 Å². The fourth-order valence-electron chi connectivity index (χ4n) is 0.901. The first-order chi connectivity index (χ1) is 3.54. The molecule has 1 aliphatic rings. The monoisotopic (exact) mass is 140 g/mol. The highest BCUT2D eigenvalue weighted by Gasteiger charge is 2.52. The SMILES string of the molecule is CC1CC(F)(F)C1Cl. The maximum absolute atomic E-state index is 12.1. The van der Waals surface area contributed by atoms with E-state index in [0.29, 0.717) is 0 Å². The second kappa shape index (κ2) is 1.56. The van der Waals surface area contributed by atoms with Gasteiger partial charge in [-0.3, -0.25) is 0 Å². The molecule has 0 aromatic rings. The van der Waals surface area contributed by atoms with E-state index < -0.39 is 11.3 Å². The molecule has 1 saturated carbocycles. The Bertz CT molecular complexity index is 103. The summed E-state index contributed by atoms with van der Waals surface area (Å²) in [5.41, 5.74) is 0. The second-order valence-electron chi connectivity index (χ2n) is 2.34. The van der Waals surface area contributed by atoms with Crippen LogP contribution in [0.25, 0.3) is 0 Å². The zero-order valence-corrected chi connectivity index (χ0v) is 5.25. The fourth-order valence-corrected chi connectivity index (χ4v) is 1.08. The summed E-state index contributed by atoms with van der Waals surface area (Å²) in [6.07, 6.45) is -0.0405. The summed E-state index contributed by atoms with van der Waals surface area (Å²) >= 11 is 5.24. The van der Waals surface area contributed by atoms with Crippen molar-refractivity contribution in [3.63, 3.8) is 0 Å². The lowest BCUT2D eigenvalue weighted by Crippen LogP contribution is -2.47. The van der Waals surface area contributed by atoms with Crippen molar-refractivity contribution < 1.29 is 8.78 Å². The number of alkyl halides is 3. The molecule has 1 fully saturated rings. The zero-order chi connectivity index (χ0) is 6.36. The lowest BCUT2D eigenvalue weighted by atomic mass is 9.82. The third kappa shape index (κ3) is 0.711. The van der Waals surface area contributed by atoms with Crippen molar-refractivity contribution in [2.24, 2.45) is 5.92 Å². The van der Waals surface area contributed by atoms with Crippen LogP contribution in [-0.2, 0) is 0 Å². The summed E-state index contributed by atoms with van der Waals surface area (Å²) in [6.45, 7) is 1.73. The van der Waals surface area contributed by atoms with Crippen LogP contribution in [0, 0.1) is 5.92 Å². The second-order valence-corrected chi connectivity index (χ2v) is 2.81. The minimum Gasteiger partial charge on any atom is -0.205 e. The molecule has 0 aromatic carbocycles. The molecule has 0 N–H and O–H groups in total. The largest absolute Gasteiger partial charge is 0.264 e. The van der Waals surface area contributed by atoms with Crippen LogP contribution in [0.4, 0.5) is 8.78 Å². The van der Waals surface area contributed by atoms with E-state index in [0.717, 1.165) is 0 Å². The highest BCUT2D eigenvalue weighted by atomic mass is 35.5. The van der Waals surface area contributed by atoms with Gasteiger partial charge in [0.15, 0.2) is 0 Å². The van der Waals surface area contributed by atoms with Gasteiger partial charge < -0.3 is 0 Å². The van der Waals surface area contributed by atoms with Gasteiger partial charge in [-0.05, 0) is 5.92 Å². The first-order valence-corrected chi connectivity index (χ1v) is 2.99. The molecule has 0 saturated heterocycles. The zero-order valence-electron chi connectivity index (χ0n) is 4.50. The average molecular weight is 141 g/mol. The molecule has 0 spiro atoms. The van der Waals surface area contributed by atoms with Crippen molar-refractivity contribution in [2.75, 3.05) is 0 Å². The first kappa shape index (κ1) is 6.27. The van der Waals surface area contributed by atoms with E-state index in [4.69, 9.17) is 11.6 Å². The Morgan fingerprint density at radius 2 is 2.12 bits per heavy atom. The lowest BCUT2D eigenvalue weighted by Gasteiger charge is -2.38. The molecule has 1 rings (SSSR count). The Labute approximate surface area is 51.8 Å². The smallest absolute Gasteiger partial charge is 0.205 e. The molecule has 2 atom stereocenters. The summed E-state index contributed by atoms with van der Waals surface area (Å²) in [6, 6.07) is 0. The Kier molecular flexibility index (Phi) is 1.23. The molecule has 0 amide bonds. The molecule has 0 radical (unpaired) electrons. The minimum absolute atomic E-state index is 0.00772. The van der Waals surface area contributed by atoms with E-state index in [1.165, 1.54) is 0 Å². The fraction of sp³-hybridized carbons (Fsp3) is 1.00. The van der Waals surface area contributed by atoms with Gasteiger partial charge in [-0.1, -0.05) is 6.92 Å². The van der Waals surface area contributed by atoms with Crippen molar-refractivity contribution >= 4 is 11.6 Å². The quantitative estimate of drug-likeness (QED) is 0.453. The van der Waals surface area contributed by atoms with Crippen molar-refractivity contribution in [2.45, 2.75) is 24.6 Å². The molecule has 2 unspecified atom stereocenters. The number of rotatable bonds is 0. The molecule has 0 bridgehead atoms. The minimum atomic E-state index is -2.58. The predicted octanol–water partition coefficient (Wildman–Crippen LogP) is 2.27. The van der Waals surface area contributed by atoms with Gasteiger partial charge in [0.2, 0.25) is 0 Å². The van der Waals surface area contributed by atoms with Crippen molar-refractivity contribution in [3.05, 3.63) is 0 Å². The first-order valence-electron chi connectivity index (χ1n) is 2.56. The third-order valence-electron chi connectivity index (χ3n) is 1.50. The standard InChI is InChI=1S/C5H7ClF2/c1-3-2-5(7,8)4(3)6/h3-4H,2H2,1H3. The van der Waals surface area contributed by atoms with Crippen LogP contribution in [0.3, 0.4) is 0 Å². The topological polar surface area (TPSA) is 0 Å². The van der Waals surface area contributed by atoms with Gasteiger partial charge in [0.05, 0.1) is 5.38 Å². The van der Waals surface area contributed by atoms with E-state index >= 15 is 0 Å². The van der Waals surface area contributed by atoms with Gasteiger partial charge in [0, 0.05) is 6.42 Å². The number of hydrogen-bond acceptors (Lipinski definition) is 0. The molecule has 0 nitrogen and oxygen atoms in total. The van der Waals surface area contributed by atoms with Crippen LogP contribution < -0.4 is 0 Å². The molecule has 3 heteroatoms. The molecular weight excluding hydrogens is 134 g/mol. The van der Waals surface area contributed by atoms with Crippen LogP contribution in [-0.4, -0.2) is 11.3 Å². The molecule has 48 valence electrons. The number of halogens is 3. The van der Waals surface area contributed by atoms with Gasteiger partial charge in [-0.25, -0.2) is 8.78 Å². The number of hydrogen-bond donors (Lipinski definition) is 0. The van der Waals surface area contributed by atoms with E-state index in [1.54, 1.807) is 6.92 Å². The molecule has 8 heavy (non-hydrogen) atoms. The van der Waals surface area contributed by atoms with Crippen LogP contribution in [0.2, 0.25) is 0 Å². The van der Waals surface area contributed by atoms with Crippen molar-refractivity contribution in [1.29, 1.82) is 0 Å². The van der Waals surface area contributed by atoms with Crippen LogP contribution in [0.5, 0.6) is 0 Å². The summed E-state index contributed by atoms with van der Waals surface area (Å²) in [5, 5.41) is -0.914. The van der Waals surface area contributed by atoms with E-state index in [1.807, 2.05) is 0 Å². The maximum Gasteiger partial charge on any atom is 0.264 e. The Hall–Kier alpha value is 0.150. The molecule has 0 aliphatic heterocycles. The highest BCUT2D eigenvalue weighted by molar-refractivity contribution is 6.22. The lowest BCUT2D eigenvalue weighted by molar-refractivity contribution is -0.0982. The summed E-state index contributed by atoms with van der Waals surface area (Å²) in [4.78, 5) is 0. The van der Waals surface area contributed by atoms with Gasteiger partial charge in [0.25, 0.3) is 5.92 Å². The Morgan fingerprint density at radius 3 is 2.12 bits per heavy atom. The summed E-state index contributed by atoms with van der Waals surface area (Å²) < 4.78 is 24.1. The van der Waals surface area contributed by atoms with E-state index in [-0.39, 0.29) is 12.3 Å². The van der Waals surface area contributed by atoms with Crippen LogP contribution >= 0.6 is 11.6 Å². The average Bonchev–Trinajstić information content (AvgIpc) is 1.65. The third-order valence-corrected chi connectivity index (χ3v) is 2.25. The van der Waals surface area contributed by atoms with Gasteiger partial charge in [-0.2, -0.15) is 0 Å². The van der Waals surface area contributed by atoms with Crippen LogP contribution in [0.1, 0.15) is 13.3 Å². The highest BCUT2D eigenvalue weighted by Crippen LogP contribution is 2.45. The molecule has 0 aromatic heterocycles. The van der Waals surface area contributed by atoms with Crippen molar-refractivity contribution in [1.82, 2.24) is 0 Å². The predicted molar refractivity (Wildman–Crippen MR) is 28.4 cm³/mol. The van der Waals surface area contributed by atoms with Crippen molar-refractivity contribution in [3.8, 4) is 0 Å². The normalized spacial score (nSPS) is 43.5. The Morgan fingerprint density at radius 1 is 1.62 bits per heavy atom.